The largest absolute Gasteiger partial charge is 0.417 e. The summed E-state index contributed by atoms with van der Waals surface area (Å²) in [5, 5.41) is 2.48. The van der Waals surface area contributed by atoms with Crippen LogP contribution in [-0.4, -0.2) is 10.9 Å². The molecular weight excluding hydrogens is 305 g/mol. The van der Waals surface area contributed by atoms with Crippen LogP contribution in [0.15, 0.2) is 42.6 Å². The smallest absolute Gasteiger partial charge is 0.307 e. The second kappa shape index (κ2) is 6.02. The number of nitrogens with one attached hydrogen (secondary N) is 1. The van der Waals surface area contributed by atoms with E-state index in [1.54, 1.807) is 12.1 Å². The summed E-state index contributed by atoms with van der Waals surface area (Å²) in [6, 6.07) is 9.08. The van der Waals surface area contributed by atoms with Crippen molar-refractivity contribution in [2.24, 2.45) is 0 Å². The fraction of sp³-hybridized carbons (Fsp3) is 0.294. The van der Waals surface area contributed by atoms with Gasteiger partial charge in [0.2, 0.25) is 0 Å². The fourth-order valence-electron chi connectivity index (χ4n) is 1.95. The lowest BCUT2D eigenvalue weighted by Gasteiger charge is -2.19. The Hall–Kier alpha value is -2.37. The standard InChI is InChI=1S/C17H17F3N2O/c1-16(2,3)12-6-4-11(5-7-12)15(23)22-14-9-8-13(10-21-14)17(18,19)20/h4-10H,1-3H3,(H,21,22,23). The van der Waals surface area contributed by atoms with E-state index < -0.39 is 17.6 Å². The topological polar surface area (TPSA) is 42.0 Å². The molecule has 0 radical (unpaired) electrons. The van der Waals surface area contributed by atoms with Crippen LogP contribution < -0.4 is 5.32 Å². The van der Waals surface area contributed by atoms with Crippen molar-refractivity contribution in [3.8, 4) is 0 Å². The van der Waals surface area contributed by atoms with E-state index >= 15 is 0 Å². The van der Waals surface area contributed by atoms with Crippen molar-refractivity contribution in [1.82, 2.24) is 4.98 Å². The van der Waals surface area contributed by atoms with Crippen molar-refractivity contribution in [2.45, 2.75) is 32.4 Å². The first-order valence-electron chi connectivity index (χ1n) is 7.02. The van der Waals surface area contributed by atoms with Gasteiger partial charge in [-0.1, -0.05) is 32.9 Å². The van der Waals surface area contributed by atoms with Crippen LogP contribution in [0.25, 0.3) is 0 Å². The molecule has 3 nitrogen and oxygen atoms in total. The first-order chi connectivity index (χ1) is 10.6. The summed E-state index contributed by atoms with van der Waals surface area (Å²) < 4.78 is 37.4. The Morgan fingerprint density at radius 2 is 1.52 bits per heavy atom. The first-order valence-corrected chi connectivity index (χ1v) is 7.02. The lowest BCUT2D eigenvalue weighted by atomic mass is 9.87. The van der Waals surface area contributed by atoms with Crippen LogP contribution in [0.3, 0.4) is 0 Å². The Labute approximate surface area is 132 Å². The molecule has 23 heavy (non-hydrogen) atoms. The summed E-state index contributed by atoms with van der Waals surface area (Å²) >= 11 is 0. The Kier molecular flexibility index (Phi) is 4.45. The summed E-state index contributed by atoms with van der Waals surface area (Å²) in [4.78, 5) is 15.7. The zero-order chi connectivity index (χ0) is 17.3. The highest BCUT2D eigenvalue weighted by atomic mass is 19.4. The van der Waals surface area contributed by atoms with Crippen LogP contribution in [0, 0.1) is 0 Å². The molecule has 2 aromatic rings. The number of pyridine rings is 1. The predicted octanol–water partition coefficient (Wildman–Crippen LogP) is 4.65. The van der Waals surface area contributed by atoms with Crippen molar-refractivity contribution >= 4 is 11.7 Å². The lowest BCUT2D eigenvalue weighted by molar-refractivity contribution is -0.137. The molecule has 2 rings (SSSR count). The second-order valence-electron chi connectivity index (χ2n) is 6.21. The van der Waals surface area contributed by atoms with Gasteiger partial charge in [0.1, 0.15) is 5.82 Å². The first kappa shape index (κ1) is 17.0. The maximum Gasteiger partial charge on any atom is 0.417 e. The monoisotopic (exact) mass is 322 g/mol. The minimum atomic E-state index is -4.45. The molecule has 122 valence electrons. The third kappa shape index (κ3) is 4.31. The summed E-state index contributed by atoms with van der Waals surface area (Å²) in [7, 11) is 0. The van der Waals surface area contributed by atoms with E-state index in [2.05, 4.69) is 31.1 Å². The van der Waals surface area contributed by atoms with Gasteiger partial charge >= 0.3 is 6.18 Å². The maximum absolute atomic E-state index is 12.5. The number of alkyl halides is 3. The number of rotatable bonds is 2. The van der Waals surface area contributed by atoms with Gasteiger partial charge in [0.15, 0.2) is 0 Å². The Morgan fingerprint density at radius 1 is 0.957 bits per heavy atom. The van der Waals surface area contributed by atoms with Gasteiger partial charge in [0.05, 0.1) is 5.56 Å². The van der Waals surface area contributed by atoms with Crippen LogP contribution in [0.4, 0.5) is 19.0 Å². The maximum atomic E-state index is 12.5. The van der Waals surface area contributed by atoms with Gasteiger partial charge in [0, 0.05) is 11.8 Å². The molecule has 0 saturated heterocycles. The number of benzene rings is 1. The molecule has 6 heteroatoms. The Bertz CT molecular complexity index is 684. The lowest BCUT2D eigenvalue weighted by Crippen LogP contribution is -2.15. The number of carbonyl (C=O) groups excluding carboxylic acids is 1. The van der Waals surface area contributed by atoms with Gasteiger partial charge in [-0.15, -0.1) is 0 Å². The van der Waals surface area contributed by atoms with Gasteiger partial charge in [-0.2, -0.15) is 13.2 Å². The zero-order valence-corrected chi connectivity index (χ0v) is 13.0. The quantitative estimate of drug-likeness (QED) is 0.874. The predicted molar refractivity (Wildman–Crippen MR) is 82.3 cm³/mol. The Morgan fingerprint density at radius 3 is 1.96 bits per heavy atom. The normalized spacial score (nSPS) is 12.1. The van der Waals surface area contributed by atoms with Crippen LogP contribution in [0.1, 0.15) is 42.3 Å². The number of hydrogen-bond acceptors (Lipinski definition) is 2. The minimum Gasteiger partial charge on any atom is -0.307 e. The Balaban J connectivity index is 2.10. The van der Waals surface area contributed by atoms with Gasteiger partial charge in [0.25, 0.3) is 5.91 Å². The molecule has 1 aromatic carbocycles. The average Bonchev–Trinajstić information content (AvgIpc) is 2.46. The summed E-state index contributed by atoms with van der Waals surface area (Å²) in [6.45, 7) is 6.19. The van der Waals surface area contributed by atoms with Gasteiger partial charge in [-0.05, 0) is 35.2 Å². The highest BCUT2D eigenvalue weighted by molar-refractivity contribution is 6.03. The van der Waals surface area contributed by atoms with Crippen molar-refractivity contribution in [1.29, 1.82) is 0 Å². The van der Waals surface area contributed by atoms with E-state index in [4.69, 9.17) is 0 Å². The molecule has 1 aromatic heterocycles. The van der Waals surface area contributed by atoms with E-state index in [1.807, 2.05) is 12.1 Å². The summed E-state index contributed by atoms with van der Waals surface area (Å²) in [6.07, 6.45) is -3.75. The zero-order valence-electron chi connectivity index (χ0n) is 13.0. The highest BCUT2D eigenvalue weighted by Gasteiger charge is 2.30. The van der Waals surface area contributed by atoms with E-state index in [0.29, 0.717) is 11.8 Å². The molecule has 0 spiro atoms. The highest BCUT2D eigenvalue weighted by Crippen LogP contribution is 2.29. The number of carbonyl (C=O) groups is 1. The number of amides is 1. The molecule has 0 aliphatic carbocycles. The number of nitrogens with zero attached hydrogens (tertiary/aromatic N) is 1. The van der Waals surface area contributed by atoms with Crippen molar-refractivity contribution in [3.05, 3.63) is 59.3 Å². The SMILES string of the molecule is CC(C)(C)c1ccc(C(=O)Nc2ccc(C(F)(F)F)cn2)cc1. The number of anilines is 1. The molecule has 0 bridgehead atoms. The van der Waals surface area contributed by atoms with Gasteiger partial charge in [-0.3, -0.25) is 4.79 Å². The molecule has 0 saturated carbocycles. The van der Waals surface area contributed by atoms with E-state index in [9.17, 15) is 18.0 Å². The molecule has 0 aliphatic heterocycles. The molecule has 0 atom stereocenters. The van der Waals surface area contributed by atoms with Crippen molar-refractivity contribution in [2.75, 3.05) is 5.32 Å². The number of halogens is 3. The number of aromatic nitrogens is 1. The number of hydrogen-bond donors (Lipinski definition) is 1. The third-order valence-corrected chi connectivity index (χ3v) is 3.35. The molecule has 1 heterocycles. The van der Waals surface area contributed by atoms with Crippen LogP contribution >= 0.6 is 0 Å². The second-order valence-corrected chi connectivity index (χ2v) is 6.21. The third-order valence-electron chi connectivity index (χ3n) is 3.35. The molecule has 1 amide bonds. The van der Waals surface area contributed by atoms with E-state index in [1.165, 1.54) is 0 Å². The molecule has 0 aliphatic rings. The molecule has 0 fully saturated rings. The molecule has 0 unspecified atom stereocenters. The van der Waals surface area contributed by atoms with Crippen LogP contribution in [0.5, 0.6) is 0 Å². The molecular formula is C17H17F3N2O. The van der Waals surface area contributed by atoms with E-state index in [-0.39, 0.29) is 11.2 Å². The summed E-state index contributed by atoms with van der Waals surface area (Å²) in [5.74, 6) is -0.347. The fourth-order valence-corrected chi connectivity index (χ4v) is 1.95. The van der Waals surface area contributed by atoms with Crippen molar-refractivity contribution in [3.63, 3.8) is 0 Å². The van der Waals surface area contributed by atoms with Gasteiger partial charge < -0.3 is 5.32 Å². The van der Waals surface area contributed by atoms with Crippen molar-refractivity contribution < 1.29 is 18.0 Å². The van der Waals surface area contributed by atoms with Gasteiger partial charge in [-0.25, -0.2) is 4.98 Å². The van der Waals surface area contributed by atoms with E-state index in [0.717, 1.165) is 17.7 Å². The summed E-state index contributed by atoms with van der Waals surface area (Å²) in [5.41, 5.74) is 0.621. The molecule has 1 N–H and O–H groups in total. The van der Waals surface area contributed by atoms with Crippen LogP contribution in [-0.2, 0) is 11.6 Å². The van der Waals surface area contributed by atoms with Crippen LogP contribution in [0.2, 0.25) is 0 Å². The average molecular weight is 322 g/mol. The minimum absolute atomic E-state index is 0.0238.